The lowest BCUT2D eigenvalue weighted by Gasteiger charge is -2.32. The molecule has 0 spiro atoms. The number of methoxy groups -OCH3 is 1. The SMILES string of the molecule is COCC1CCCN(C(=O)c2[nH]ncc2N)C1. The zero-order valence-electron chi connectivity index (χ0n) is 9.98. The number of nitrogens with two attached hydrogens (primary N) is 1. The zero-order valence-corrected chi connectivity index (χ0v) is 9.98. The van der Waals surface area contributed by atoms with Crippen molar-refractivity contribution >= 4 is 11.6 Å². The van der Waals surface area contributed by atoms with Gasteiger partial charge in [-0.1, -0.05) is 0 Å². The molecule has 1 atom stereocenters. The monoisotopic (exact) mass is 238 g/mol. The molecular weight excluding hydrogens is 220 g/mol. The van der Waals surface area contributed by atoms with Crippen LogP contribution in [-0.4, -0.2) is 47.8 Å². The molecule has 0 saturated carbocycles. The summed E-state index contributed by atoms with van der Waals surface area (Å²) in [4.78, 5) is 14.0. The topological polar surface area (TPSA) is 84.2 Å². The highest BCUT2D eigenvalue weighted by atomic mass is 16.5. The van der Waals surface area contributed by atoms with E-state index < -0.39 is 0 Å². The first-order valence-corrected chi connectivity index (χ1v) is 5.79. The third kappa shape index (κ3) is 2.58. The van der Waals surface area contributed by atoms with Crippen molar-refractivity contribution < 1.29 is 9.53 Å². The van der Waals surface area contributed by atoms with E-state index in [9.17, 15) is 4.79 Å². The van der Waals surface area contributed by atoms with Gasteiger partial charge in [0.2, 0.25) is 0 Å². The zero-order chi connectivity index (χ0) is 12.3. The first-order chi connectivity index (χ1) is 8.22. The van der Waals surface area contributed by atoms with Crippen molar-refractivity contribution in [1.82, 2.24) is 15.1 Å². The third-order valence-electron chi connectivity index (χ3n) is 3.09. The first-order valence-electron chi connectivity index (χ1n) is 5.79. The average molecular weight is 238 g/mol. The Hall–Kier alpha value is -1.56. The van der Waals surface area contributed by atoms with Crippen LogP contribution < -0.4 is 5.73 Å². The molecule has 0 aromatic carbocycles. The number of aromatic nitrogens is 2. The Kier molecular flexibility index (Phi) is 3.63. The Labute approximate surface area is 100 Å². The maximum Gasteiger partial charge on any atom is 0.274 e. The van der Waals surface area contributed by atoms with Crippen molar-refractivity contribution in [1.29, 1.82) is 0 Å². The summed E-state index contributed by atoms with van der Waals surface area (Å²) in [5.41, 5.74) is 6.47. The van der Waals surface area contributed by atoms with Crippen LogP contribution in [0.1, 0.15) is 23.3 Å². The minimum absolute atomic E-state index is 0.0687. The predicted molar refractivity (Wildman–Crippen MR) is 63.5 cm³/mol. The second-order valence-electron chi connectivity index (χ2n) is 4.42. The number of aromatic amines is 1. The number of hydrogen-bond acceptors (Lipinski definition) is 4. The van der Waals surface area contributed by atoms with Gasteiger partial charge in [0, 0.05) is 20.2 Å². The van der Waals surface area contributed by atoms with Gasteiger partial charge in [0.25, 0.3) is 5.91 Å². The Morgan fingerprint density at radius 1 is 1.76 bits per heavy atom. The molecule has 0 aliphatic carbocycles. The number of hydrogen-bond donors (Lipinski definition) is 2. The number of piperidine rings is 1. The highest BCUT2D eigenvalue weighted by Crippen LogP contribution is 2.19. The molecule has 1 fully saturated rings. The molecule has 1 aromatic heterocycles. The van der Waals surface area contributed by atoms with Crippen LogP contribution in [0.15, 0.2) is 6.20 Å². The van der Waals surface area contributed by atoms with Crippen molar-refractivity contribution in [2.75, 3.05) is 32.5 Å². The van der Waals surface area contributed by atoms with E-state index in [1.165, 1.54) is 6.20 Å². The van der Waals surface area contributed by atoms with E-state index in [4.69, 9.17) is 10.5 Å². The summed E-state index contributed by atoms with van der Waals surface area (Å²) < 4.78 is 5.14. The molecular formula is C11H18N4O2. The van der Waals surface area contributed by atoms with Crippen LogP contribution in [0, 0.1) is 5.92 Å². The minimum Gasteiger partial charge on any atom is -0.396 e. The van der Waals surface area contributed by atoms with Gasteiger partial charge in [-0.15, -0.1) is 0 Å². The molecule has 3 N–H and O–H groups in total. The quantitative estimate of drug-likeness (QED) is 0.802. The molecule has 1 aliphatic heterocycles. The highest BCUT2D eigenvalue weighted by molar-refractivity contribution is 5.97. The van der Waals surface area contributed by atoms with Gasteiger partial charge < -0.3 is 15.4 Å². The number of anilines is 1. The summed E-state index contributed by atoms with van der Waals surface area (Å²) in [6, 6.07) is 0. The number of nitrogen functional groups attached to an aromatic ring is 1. The van der Waals surface area contributed by atoms with Crippen LogP contribution in [0.5, 0.6) is 0 Å². The molecule has 1 amide bonds. The fourth-order valence-corrected chi connectivity index (χ4v) is 2.25. The maximum absolute atomic E-state index is 12.2. The van der Waals surface area contributed by atoms with E-state index >= 15 is 0 Å². The molecule has 0 bridgehead atoms. The molecule has 6 heteroatoms. The first kappa shape index (κ1) is 11.9. The van der Waals surface area contributed by atoms with Gasteiger partial charge in [0.15, 0.2) is 0 Å². The molecule has 0 radical (unpaired) electrons. The van der Waals surface area contributed by atoms with E-state index in [1.54, 1.807) is 7.11 Å². The van der Waals surface area contributed by atoms with Gasteiger partial charge in [-0.05, 0) is 18.8 Å². The maximum atomic E-state index is 12.2. The molecule has 1 saturated heterocycles. The number of nitrogens with zero attached hydrogens (tertiary/aromatic N) is 2. The number of H-pyrrole nitrogens is 1. The van der Waals surface area contributed by atoms with Crippen LogP contribution in [0.3, 0.4) is 0 Å². The molecule has 1 aliphatic rings. The van der Waals surface area contributed by atoms with Crippen molar-refractivity contribution in [2.45, 2.75) is 12.8 Å². The smallest absolute Gasteiger partial charge is 0.274 e. The van der Waals surface area contributed by atoms with E-state index in [-0.39, 0.29) is 5.91 Å². The molecule has 17 heavy (non-hydrogen) atoms. The molecule has 1 unspecified atom stereocenters. The van der Waals surface area contributed by atoms with Gasteiger partial charge in [0.05, 0.1) is 18.5 Å². The lowest BCUT2D eigenvalue weighted by Crippen LogP contribution is -2.41. The Morgan fingerprint density at radius 2 is 2.59 bits per heavy atom. The standard InChI is InChI=1S/C11H18N4O2/c1-17-7-8-3-2-4-15(6-8)11(16)10-9(12)5-13-14-10/h5,8H,2-4,6-7,12H2,1H3,(H,13,14). The minimum atomic E-state index is -0.0687. The summed E-state index contributed by atoms with van der Waals surface area (Å²) >= 11 is 0. The molecule has 2 heterocycles. The van der Waals surface area contributed by atoms with E-state index in [0.717, 1.165) is 25.9 Å². The van der Waals surface area contributed by atoms with Gasteiger partial charge in [-0.25, -0.2) is 0 Å². The Balaban J connectivity index is 2.02. The number of rotatable bonds is 3. The largest absolute Gasteiger partial charge is 0.396 e. The van der Waals surface area contributed by atoms with Crippen LogP contribution in [0.2, 0.25) is 0 Å². The van der Waals surface area contributed by atoms with Crippen molar-refractivity contribution in [2.24, 2.45) is 5.92 Å². The number of amides is 1. The fraction of sp³-hybridized carbons (Fsp3) is 0.636. The predicted octanol–water partition coefficient (Wildman–Crippen LogP) is 0.490. The highest BCUT2D eigenvalue weighted by Gasteiger charge is 2.26. The van der Waals surface area contributed by atoms with Gasteiger partial charge in [-0.2, -0.15) is 5.10 Å². The summed E-state index contributed by atoms with van der Waals surface area (Å²) in [6.07, 6.45) is 3.58. The molecule has 94 valence electrons. The number of likely N-dealkylation sites (tertiary alicyclic amines) is 1. The molecule has 2 rings (SSSR count). The second kappa shape index (κ2) is 5.18. The molecule has 1 aromatic rings. The van der Waals surface area contributed by atoms with Crippen molar-refractivity contribution in [3.63, 3.8) is 0 Å². The van der Waals surface area contributed by atoms with Gasteiger partial charge >= 0.3 is 0 Å². The van der Waals surface area contributed by atoms with E-state index in [2.05, 4.69) is 10.2 Å². The number of carbonyl (C=O) groups excluding carboxylic acids is 1. The second-order valence-corrected chi connectivity index (χ2v) is 4.42. The summed E-state index contributed by atoms with van der Waals surface area (Å²) in [7, 11) is 1.69. The van der Waals surface area contributed by atoms with Crippen molar-refractivity contribution in [3.05, 3.63) is 11.9 Å². The summed E-state index contributed by atoms with van der Waals surface area (Å²) in [6.45, 7) is 2.20. The van der Waals surface area contributed by atoms with Crippen LogP contribution in [0.4, 0.5) is 5.69 Å². The van der Waals surface area contributed by atoms with Crippen molar-refractivity contribution in [3.8, 4) is 0 Å². The van der Waals surface area contributed by atoms with Gasteiger partial charge in [-0.3, -0.25) is 9.89 Å². The normalized spacial score (nSPS) is 20.5. The average Bonchev–Trinajstić information content (AvgIpc) is 2.75. The summed E-state index contributed by atoms with van der Waals surface area (Å²) in [5.74, 6) is 0.350. The van der Waals surface area contributed by atoms with E-state index in [0.29, 0.717) is 23.9 Å². The Morgan fingerprint density at radius 3 is 3.24 bits per heavy atom. The summed E-state index contributed by atoms with van der Waals surface area (Å²) in [5, 5.41) is 6.42. The lowest BCUT2D eigenvalue weighted by molar-refractivity contribution is 0.0566. The molecule has 6 nitrogen and oxygen atoms in total. The number of ether oxygens (including phenoxy) is 1. The van der Waals surface area contributed by atoms with Crippen LogP contribution >= 0.6 is 0 Å². The number of nitrogens with one attached hydrogen (secondary N) is 1. The lowest BCUT2D eigenvalue weighted by atomic mass is 9.98. The Bertz CT molecular complexity index is 389. The van der Waals surface area contributed by atoms with Crippen LogP contribution in [0.25, 0.3) is 0 Å². The number of carbonyl (C=O) groups is 1. The third-order valence-corrected chi connectivity index (χ3v) is 3.09. The van der Waals surface area contributed by atoms with Crippen LogP contribution in [-0.2, 0) is 4.74 Å². The van der Waals surface area contributed by atoms with Gasteiger partial charge in [0.1, 0.15) is 5.69 Å². The van der Waals surface area contributed by atoms with E-state index in [1.807, 2.05) is 4.90 Å². The fourth-order valence-electron chi connectivity index (χ4n) is 2.25.